The van der Waals surface area contributed by atoms with E-state index in [2.05, 4.69) is 6.92 Å². The highest BCUT2D eigenvalue weighted by Crippen LogP contribution is 2.15. The minimum atomic E-state index is -0.0221. The van der Waals surface area contributed by atoms with E-state index in [1.165, 1.54) is 128 Å². The summed E-state index contributed by atoms with van der Waals surface area (Å²) in [6.45, 7) is 2.26. The van der Waals surface area contributed by atoms with Gasteiger partial charge in [-0.15, -0.1) is 0 Å². The number of methoxy groups -OCH3 is 2. The van der Waals surface area contributed by atoms with E-state index in [0.717, 1.165) is 18.9 Å². The third-order valence-electron chi connectivity index (χ3n) is 6.66. The second-order valence-electron chi connectivity index (χ2n) is 9.88. The van der Waals surface area contributed by atoms with Gasteiger partial charge in [-0.1, -0.05) is 129 Å². The number of unbranched alkanes of at least 4 members (excludes halogenated alkanes) is 19. The van der Waals surface area contributed by atoms with Crippen molar-refractivity contribution in [3.63, 3.8) is 0 Å². The van der Waals surface area contributed by atoms with Crippen LogP contribution in [-0.4, -0.2) is 36.2 Å². The Morgan fingerprint density at radius 2 is 1.00 bits per heavy atom. The molecular weight excluding hydrogens is 440 g/mol. The van der Waals surface area contributed by atoms with Gasteiger partial charge in [0.1, 0.15) is 0 Å². The summed E-state index contributed by atoms with van der Waals surface area (Å²) in [5.41, 5.74) is 0. The molecule has 0 unspecified atom stereocenters. The molecule has 0 aromatic rings. The van der Waals surface area contributed by atoms with E-state index in [0.29, 0.717) is 16.2 Å². The average Bonchev–Trinajstić information content (AvgIpc) is 2.85. The summed E-state index contributed by atoms with van der Waals surface area (Å²) in [5.74, 6) is 0.0235. The lowest BCUT2D eigenvalue weighted by Crippen LogP contribution is -2.12. The van der Waals surface area contributed by atoms with Gasteiger partial charge < -0.3 is 13.9 Å². The Morgan fingerprint density at radius 1 is 0.588 bits per heavy atom. The molecule has 0 saturated heterocycles. The van der Waals surface area contributed by atoms with Gasteiger partial charge in [0.2, 0.25) is 0 Å². The Bertz CT molecular complexity index is 402. The largest absolute Gasteiger partial charge is 0.516 e. The van der Waals surface area contributed by atoms with Gasteiger partial charge in [-0.05, 0) is 25.3 Å². The van der Waals surface area contributed by atoms with Crippen molar-refractivity contribution in [2.45, 2.75) is 167 Å². The highest BCUT2D eigenvalue weighted by atomic mass is 28.2. The van der Waals surface area contributed by atoms with Gasteiger partial charge in [-0.3, -0.25) is 4.79 Å². The summed E-state index contributed by atoms with van der Waals surface area (Å²) in [5, 5.41) is 0. The minimum Gasteiger partial charge on any atom is -0.516 e. The van der Waals surface area contributed by atoms with Gasteiger partial charge in [0.25, 0.3) is 5.97 Å². The molecule has 0 saturated carbocycles. The molecule has 0 rings (SSSR count). The van der Waals surface area contributed by atoms with Crippen LogP contribution in [0.25, 0.3) is 0 Å². The van der Waals surface area contributed by atoms with Gasteiger partial charge in [0.05, 0.1) is 0 Å². The second kappa shape index (κ2) is 28.8. The van der Waals surface area contributed by atoms with Crippen LogP contribution in [0, 0.1) is 0 Å². The lowest BCUT2D eigenvalue weighted by molar-refractivity contribution is -0.134. The van der Waals surface area contributed by atoms with Crippen LogP contribution in [0.15, 0.2) is 0 Å². The molecule has 0 spiro atoms. The predicted octanol–water partition coefficient (Wildman–Crippen LogP) is 9.18. The van der Waals surface area contributed by atoms with E-state index in [1.807, 2.05) is 0 Å². The molecular formula is C29H58O4Si. The van der Waals surface area contributed by atoms with Crippen molar-refractivity contribution < 1.29 is 18.7 Å². The molecule has 2 radical (unpaired) electrons. The Hall–Kier alpha value is -0.393. The van der Waals surface area contributed by atoms with E-state index in [-0.39, 0.29) is 12.3 Å². The zero-order valence-electron chi connectivity index (χ0n) is 23.2. The van der Waals surface area contributed by atoms with Crippen molar-refractivity contribution in [2.75, 3.05) is 14.2 Å². The van der Waals surface area contributed by atoms with Crippen LogP contribution >= 0.6 is 0 Å². The Labute approximate surface area is 215 Å². The van der Waals surface area contributed by atoms with Crippen LogP contribution in [0.1, 0.15) is 155 Å². The SMILES string of the molecule is CCCCCCCCC[Si]OC(=O)CCCCCCCCCCCCCCCCC(OC)OC. The highest BCUT2D eigenvalue weighted by Gasteiger charge is 2.05. The van der Waals surface area contributed by atoms with Crippen LogP contribution in [0.4, 0.5) is 0 Å². The lowest BCUT2D eigenvalue weighted by atomic mass is 10.0. The topological polar surface area (TPSA) is 44.8 Å². The van der Waals surface area contributed by atoms with Crippen molar-refractivity contribution in [3.05, 3.63) is 0 Å². The molecule has 0 aliphatic carbocycles. The van der Waals surface area contributed by atoms with E-state index < -0.39 is 0 Å². The van der Waals surface area contributed by atoms with Crippen LogP contribution < -0.4 is 0 Å². The first kappa shape index (κ1) is 33.6. The predicted molar refractivity (Wildman–Crippen MR) is 146 cm³/mol. The zero-order valence-corrected chi connectivity index (χ0v) is 24.2. The molecule has 0 amide bonds. The Balaban J connectivity index is 3.17. The standard InChI is InChI=1S/C29H58O4Si/c1-4-5-6-7-18-21-24-27-34-33-28(30)25-22-19-16-14-12-10-8-9-11-13-15-17-20-23-26-29(31-2)32-3/h29H,4-27H2,1-3H3. The normalized spacial score (nSPS) is 11.4. The molecule has 0 fully saturated rings. The van der Waals surface area contributed by atoms with Gasteiger partial charge in [-0.2, -0.15) is 0 Å². The summed E-state index contributed by atoms with van der Waals surface area (Å²) in [6, 6.07) is 1.06. The van der Waals surface area contributed by atoms with Crippen molar-refractivity contribution in [1.82, 2.24) is 0 Å². The first-order valence-electron chi connectivity index (χ1n) is 14.7. The third kappa shape index (κ3) is 26.2. The molecule has 34 heavy (non-hydrogen) atoms. The monoisotopic (exact) mass is 498 g/mol. The van der Waals surface area contributed by atoms with Gasteiger partial charge in [0.15, 0.2) is 6.29 Å². The van der Waals surface area contributed by atoms with Crippen LogP contribution in [0.3, 0.4) is 0 Å². The van der Waals surface area contributed by atoms with Gasteiger partial charge in [-0.25, -0.2) is 0 Å². The molecule has 0 aromatic carbocycles. The molecule has 0 aromatic heterocycles. The molecule has 4 nitrogen and oxygen atoms in total. The van der Waals surface area contributed by atoms with E-state index in [1.54, 1.807) is 14.2 Å². The highest BCUT2D eigenvalue weighted by molar-refractivity contribution is 6.30. The summed E-state index contributed by atoms with van der Waals surface area (Å²) < 4.78 is 15.8. The van der Waals surface area contributed by atoms with Crippen molar-refractivity contribution in [3.8, 4) is 0 Å². The maximum atomic E-state index is 11.8. The number of hydrogen-bond donors (Lipinski definition) is 0. The molecule has 0 atom stereocenters. The number of carbonyl (C=O) groups excluding carboxylic acids is 1. The molecule has 5 heteroatoms. The maximum Gasteiger partial charge on any atom is 0.314 e. The first-order valence-corrected chi connectivity index (χ1v) is 15.8. The summed E-state index contributed by atoms with van der Waals surface area (Å²) in [7, 11) is 3.81. The Kier molecular flexibility index (Phi) is 28.5. The van der Waals surface area contributed by atoms with Crippen LogP contribution in [0.5, 0.6) is 0 Å². The molecule has 0 bridgehead atoms. The van der Waals surface area contributed by atoms with E-state index in [9.17, 15) is 4.79 Å². The molecule has 0 heterocycles. The molecule has 0 aliphatic heterocycles. The van der Waals surface area contributed by atoms with E-state index in [4.69, 9.17) is 13.9 Å². The number of rotatable bonds is 28. The fourth-order valence-electron chi connectivity index (χ4n) is 4.37. The minimum absolute atomic E-state index is 0.0221. The van der Waals surface area contributed by atoms with Crippen molar-refractivity contribution in [2.24, 2.45) is 0 Å². The number of ether oxygens (including phenoxy) is 2. The molecule has 0 N–H and O–H groups in total. The number of carbonyl (C=O) groups is 1. The van der Waals surface area contributed by atoms with Crippen molar-refractivity contribution >= 4 is 15.7 Å². The van der Waals surface area contributed by atoms with Crippen molar-refractivity contribution in [1.29, 1.82) is 0 Å². The quantitative estimate of drug-likeness (QED) is 0.0612. The summed E-state index contributed by atoms with van der Waals surface area (Å²) >= 11 is 0. The second-order valence-corrected chi connectivity index (χ2v) is 10.9. The fraction of sp³-hybridized carbons (Fsp3) is 0.966. The smallest absolute Gasteiger partial charge is 0.314 e. The summed E-state index contributed by atoms with van der Waals surface area (Å²) in [6.07, 6.45) is 29.1. The lowest BCUT2D eigenvalue weighted by Gasteiger charge is -2.12. The first-order chi connectivity index (χ1) is 16.7. The Morgan fingerprint density at radius 3 is 1.47 bits per heavy atom. The average molecular weight is 499 g/mol. The summed E-state index contributed by atoms with van der Waals surface area (Å²) in [4.78, 5) is 11.8. The van der Waals surface area contributed by atoms with Gasteiger partial charge >= 0.3 is 9.76 Å². The molecule has 202 valence electrons. The third-order valence-corrected chi connectivity index (χ3v) is 7.59. The number of hydrogen-bond acceptors (Lipinski definition) is 4. The zero-order chi connectivity index (χ0) is 25.0. The van der Waals surface area contributed by atoms with Gasteiger partial charge in [0, 0.05) is 20.6 Å². The van der Waals surface area contributed by atoms with Crippen LogP contribution in [-0.2, 0) is 18.7 Å². The maximum absolute atomic E-state index is 11.8. The van der Waals surface area contributed by atoms with E-state index >= 15 is 0 Å². The fourth-order valence-corrected chi connectivity index (χ4v) is 5.13. The molecule has 0 aliphatic rings. The van der Waals surface area contributed by atoms with Crippen LogP contribution in [0.2, 0.25) is 6.04 Å².